The Kier molecular flexibility index (Phi) is 5.38. The Balaban J connectivity index is 2.08. The van der Waals surface area contributed by atoms with Gasteiger partial charge in [0.05, 0.1) is 0 Å². The molecule has 1 aliphatic rings. The van der Waals surface area contributed by atoms with Crippen LogP contribution >= 0.6 is 0 Å². The summed E-state index contributed by atoms with van der Waals surface area (Å²) in [6.07, 6.45) is 1.94. The van der Waals surface area contributed by atoms with Gasteiger partial charge < -0.3 is 10.2 Å². The average molecular weight is 276 g/mol. The molecule has 0 saturated carbocycles. The first-order valence-electron chi connectivity index (χ1n) is 7.84. The minimum atomic E-state index is 0.385. The zero-order valence-corrected chi connectivity index (χ0v) is 13.3. The largest absolute Gasteiger partial charge is 0.354 e. The second-order valence-corrected chi connectivity index (χ2v) is 5.65. The topological polar surface area (TPSA) is 31.4 Å². The average Bonchev–Trinajstić information content (AvgIpc) is 2.47. The van der Waals surface area contributed by atoms with E-state index in [4.69, 9.17) is 0 Å². The first-order chi connectivity index (χ1) is 9.65. The highest BCUT2D eigenvalue weighted by atomic mass is 15.3. The van der Waals surface area contributed by atoms with E-state index in [9.17, 15) is 0 Å². The molecule has 2 heterocycles. The van der Waals surface area contributed by atoms with E-state index in [1.807, 2.05) is 6.20 Å². The lowest BCUT2D eigenvalue weighted by atomic mass is 10.1. The molecule has 0 amide bonds. The molecule has 20 heavy (non-hydrogen) atoms. The van der Waals surface area contributed by atoms with Crippen molar-refractivity contribution < 1.29 is 0 Å². The summed E-state index contributed by atoms with van der Waals surface area (Å²) in [5.41, 5.74) is 1.32. The first-order valence-corrected chi connectivity index (χ1v) is 7.84. The zero-order valence-electron chi connectivity index (χ0n) is 13.3. The lowest BCUT2D eigenvalue weighted by Crippen LogP contribution is -2.52. The third kappa shape index (κ3) is 3.49. The van der Waals surface area contributed by atoms with Gasteiger partial charge in [0.2, 0.25) is 0 Å². The first kappa shape index (κ1) is 15.3. The van der Waals surface area contributed by atoms with Gasteiger partial charge in [-0.2, -0.15) is 0 Å². The van der Waals surface area contributed by atoms with E-state index in [1.54, 1.807) is 0 Å². The molecule has 2 unspecified atom stereocenters. The fraction of sp³-hybridized carbons (Fsp3) is 0.688. The standard InChI is InChI=1S/C16H28N4/c1-5-17-14(4)15-7-8-18-16(11-15)20-10-9-19(6-2)13(3)12-20/h7-8,11,13-14,17H,5-6,9-10,12H2,1-4H3. The number of likely N-dealkylation sites (N-methyl/N-ethyl adjacent to an activating group) is 1. The fourth-order valence-electron chi connectivity index (χ4n) is 2.97. The lowest BCUT2D eigenvalue weighted by Gasteiger charge is -2.40. The van der Waals surface area contributed by atoms with Crippen LogP contribution in [-0.2, 0) is 0 Å². The van der Waals surface area contributed by atoms with Crippen molar-refractivity contribution in [3.63, 3.8) is 0 Å². The number of aromatic nitrogens is 1. The van der Waals surface area contributed by atoms with Crippen molar-refractivity contribution in [1.29, 1.82) is 0 Å². The Hall–Kier alpha value is -1.13. The summed E-state index contributed by atoms with van der Waals surface area (Å²) in [7, 11) is 0. The molecule has 1 fully saturated rings. The summed E-state index contributed by atoms with van der Waals surface area (Å²) < 4.78 is 0. The minimum Gasteiger partial charge on any atom is -0.354 e. The normalized spacial score (nSPS) is 22.0. The van der Waals surface area contributed by atoms with E-state index in [2.05, 4.69) is 59.9 Å². The highest BCUT2D eigenvalue weighted by Crippen LogP contribution is 2.21. The number of hydrogen-bond acceptors (Lipinski definition) is 4. The van der Waals surface area contributed by atoms with Gasteiger partial charge in [-0.3, -0.25) is 4.90 Å². The molecule has 1 aromatic rings. The molecule has 1 N–H and O–H groups in total. The molecule has 0 spiro atoms. The summed E-state index contributed by atoms with van der Waals surface area (Å²) in [4.78, 5) is 9.52. The Bertz CT molecular complexity index is 421. The molecule has 0 radical (unpaired) electrons. The number of nitrogens with one attached hydrogen (secondary N) is 1. The van der Waals surface area contributed by atoms with Crippen LogP contribution in [0.2, 0.25) is 0 Å². The van der Waals surface area contributed by atoms with Gasteiger partial charge >= 0.3 is 0 Å². The van der Waals surface area contributed by atoms with Crippen molar-refractivity contribution >= 4 is 5.82 Å². The van der Waals surface area contributed by atoms with Gasteiger partial charge in [-0.15, -0.1) is 0 Å². The van der Waals surface area contributed by atoms with Crippen molar-refractivity contribution in [1.82, 2.24) is 15.2 Å². The molecule has 4 heteroatoms. The highest BCUT2D eigenvalue weighted by Gasteiger charge is 2.23. The molecule has 1 aromatic heterocycles. The van der Waals surface area contributed by atoms with Crippen LogP contribution in [-0.4, -0.2) is 48.6 Å². The summed E-state index contributed by atoms with van der Waals surface area (Å²) in [5, 5.41) is 3.46. The van der Waals surface area contributed by atoms with E-state index in [0.29, 0.717) is 12.1 Å². The molecule has 4 nitrogen and oxygen atoms in total. The number of anilines is 1. The van der Waals surface area contributed by atoms with Gasteiger partial charge in [0.15, 0.2) is 0 Å². The molecule has 0 bridgehead atoms. The molecular formula is C16H28N4. The fourth-order valence-corrected chi connectivity index (χ4v) is 2.97. The molecule has 1 aliphatic heterocycles. The van der Waals surface area contributed by atoms with E-state index in [-0.39, 0.29) is 0 Å². The second-order valence-electron chi connectivity index (χ2n) is 5.65. The minimum absolute atomic E-state index is 0.385. The number of pyridine rings is 1. The molecular weight excluding hydrogens is 248 g/mol. The molecule has 2 rings (SSSR count). The summed E-state index contributed by atoms with van der Waals surface area (Å²) >= 11 is 0. The van der Waals surface area contributed by atoms with Crippen molar-refractivity contribution in [2.24, 2.45) is 0 Å². The number of hydrogen-bond donors (Lipinski definition) is 1. The van der Waals surface area contributed by atoms with E-state index >= 15 is 0 Å². The van der Waals surface area contributed by atoms with Crippen LogP contribution in [0.25, 0.3) is 0 Å². The quantitative estimate of drug-likeness (QED) is 0.894. The Labute approximate surface area is 123 Å². The van der Waals surface area contributed by atoms with Gasteiger partial charge in [-0.25, -0.2) is 4.98 Å². The van der Waals surface area contributed by atoms with Crippen molar-refractivity contribution in [3.8, 4) is 0 Å². The number of rotatable bonds is 5. The van der Waals surface area contributed by atoms with Crippen molar-refractivity contribution in [3.05, 3.63) is 23.9 Å². The number of piperazine rings is 1. The predicted octanol–water partition coefficient (Wildman–Crippen LogP) is 2.28. The highest BCUT2D eigenvalue weighted by molar-refractivity contribution is 5.42. The van der Waals surface area contributed by atoms with Gasteiger partial charge in [0.1, 0.15) is 5.82 Å². The zero-order chi connectivity index (χ0) is 14.5. The summed E-state index contributed by atoms with van der Waals surface area (Å²) in [6, 6.07) is 5.34. The van der Waals surface area contributed by atoms with Crippen LogP contribution in [0.5, 0.6) is 0 Å². The summed E-state index contributed by atoms with van der Waals surface area (Å²) in [5.74, 6) is 1.12. The van der Waals surface area contributed by atoms with E-state index in [0.717, 1.165) is 38.5 Å². The van der Waals surface area contributed by atoms with Crippen LogP contribution in [0.15, 0.2) is 18.3 Å². The van der Waals surface area contributed by atoms with Gasteiger partial charge in [-0.1, -0.05) is 13.8 Å². The van der Waals surface area contributed by atoms with Crippen LogP contribution in [0, 0.1) is 0 Å². The Morgan fingerprint density at radius 1 is 1.40 bits per heavy atom. The third-order valence-corrected chi connectivity index (χ3v) is 4.28. The summed E-state index contributed by atoms with van der Waals surface area (Å²) in [6.45, 7) is 14.3. The molecule has 2 atom stereocenters. The maximum atomic E-state index is 4.57. The van der Waals surface area contributed by atoms with E-state index < -0.39 is 0 Å². The SMILES string of the molecule is CCNC(C)c1ccnc(N2CCN(CC)C(C)C2)c1. The molecule has 0 aromatic carbocycles. The maximum Gasteiger partial charge on any atom is 0.128 e. The Morgan fingerprint density at radius 2 is 2.20 bits per heavy atom. The van der Waals surface area contributed by atoms with Crippen molar-refractivity contribution in [2.75, 3.05) is 37.6 Å². The van der Waals surface area contributed by atoms with E-state index in [1.165, 1.54) is 5.56 Å². The number of nitrogens with zero attached hydrogens (tertiary/aromatic N) is 3. The molecule has 1 saturated heterocycles. The molecule has 0 aliphatic carbocycles. The van der Waals surface area contributed by atoms with Gasteiger partial charge in [-0.05, 0) is 44.6 Å². The Morgan fingerprint density at radius 3 is 2.85 bits per heavy atom. The van der Waals surface area contributed by atoms with Crippen LogP contribution in [0.3, 0.4) is 0 Å². The van der Waals surface area contributed by atoms with Crippen molar-refractivity contribution in [2.45, 2.75) is 39.8 Å². The van der Waals surface area contributed by atoms with Gasteiger partial charge in [0, 0.05) is 37.9 Å². The predicted molar refractivity (Wildman–Crippen MR) is 85.3 cm³/mol. The van der Waals surface area contributed by atoms with Gasteiger partial charge in [0.25, 0.3) is 0 Å². The maximum absolute atomic E-state index is 4.57. The van der Waals surface area contributed by atoms with Crippen LogP contribution < -0.4 is 10.2 Å². The monoisotopic (exact) mass is 276 g/mol. The smallest absolute Gasteiger partial charge is 0.128 e. The third-order valence-electron chi connectivity index (χ3n) is 4.28. The second kappa shape index (κ2) is 7.04. The lowest BCUT2D eigenvalue weighted by molar-refractivity contribution is 0.199. The van der Waals surface area contributed by atoms with Crippen LogP contribution in [0.4, 0.5) is 5.82 Å². The van der Waals surface area contributed by atoms with Crippen LogP contribution in [0.1, 0.15) is 39.3 Å². The molecule has 112 valence electrons.